The maximum atomic E-state index is 13.2. The second kappa shape index (κ2) is 9.77. The molecule has 1 saturated carbocycles. The maximum absolute atomic E-state index is 13.2. The van der Waals surface area contributed by atoms with Crippen LogP contribution in [0.15, 0.2) is 42.0 Å². The molecule has 170 valence electrons. The summed E-state index contributed by atoms with van der Waals surface area (Å²) >= 11 is 0. The lowest BCUT2D eigenvalue weighted by molar-refractivity contribution is -0.134. The Labute approximate surface area is 189 Å². The van der Waals surface area contributed by atoms with Crippen LogP contribution >= 0.6 is 0 Å². The molecule has 2 unspecified atom stereocenters. The van der Waals surface area contributed by atoms with Gasteiger partial charge in [0, 0.05) is 44.3 Å². The molecular formula is C27H41N3O. The van der Waals surface area contributed by atoms with Gasteiger partial charge >= 0.3 is 0 Å². The lowest BCUT2D eigenvalue weighted by atomic mass is 9.89. The van der Waals surface area contributed by atoms with E-state index in [1.54, 1.807) is 0 Å². The number of allylic oxidation sites excluding steroid dienone is 2. The molecule has 2 heterocycles. The summed E-state index contributed by atoms with van der Waals surface area (Å²) in [6.07, 6.45) is 8.41. The third-order valence-electron chi connectivity index (χ3n) is 7.83. The van der Waals surface area contributed by atoms with Gasteiger partial charge in [0.15, 0.2) is 0 Å². The van der Waals surface area contributed by atoms with Gasteiger partial charge in [0.25, 0.3) is 0 Å². The Morgan fingerprint density at radius 1 is 1.06 bits per heavy atom. The number of benzene rings is 1. The van der Waals surface area contributed by atoms with Crippen molar-refractivity contribution < 1.29 is 4.79 Å². The van der Waals surface area contributed by atoms with E-state index < -0.39 is 0 Å². The number of nitrogens with zero attached hydrogens (tertiary/aromatic N) is 3. The predicted octanol–water partition coefficient (Wildman–Crippen LogP) is 4.82. The molecule has 31 heavy (non-hydrogen) atoms. The summed E-state index contributed by atoms with van der Waals surface area (Å²) in [5.74, 6) is 1.49. The van der Waals surface area contributed by atoms with Crippen LogP contribution < -0.4 is 4.90 Å². The number of piperidine rings is 1. The van der Waals surface area contributed by atoms with Crippen molar-refractivity contribution in [1.82, 2.24) is 9.80 Å². The normalized spacial score (nSPS) is 24.2. The summed E-state index contributed by atoms with van der Waals surface area (Å²) in [4.78, 5) is 20.4. The number of anilines is 1. The van der Waals surface area contributed by atoms with E-state index >= 15 is 0 Å². The van der Waals surface area contributed by atoms with Gasteiger partial charge in [-0.1, -0.05) is 36.8 Å². The summed E-state index contributed by atoms with van der Waals surface area (Å²) in [7, 11) is 0. The van der Waals surface area contributed by atoms with Crippen molar-refractivity contribution in [3.63, 3.8) is 0 Å². The Morgan fingerprint density at radius 3 is 2.39 bits per heavy atom. The number of carbonyl (C=O) groups excluding carboxylic acids is 1. The minimum atomic E-state index is 0.299. The monoisotopic (exact) mass is 423 g/mol. The number of likely N-dealkylation sites (tertiary alicyclic amines) is 1. The summed E-state index contributed by atoms with van der Waals surface area (Å²) in [5.41, 5.74) is 3.04. The summed E-state index contributed by atoms with van der Waals surface area (Å²) in [5, 5.41) is 0. The highest BCUT2D eigenvalue weighted by Gasteiger charge is 2.59. The molecule has 0 N–H and O–H groups in total. The first-order valence-corrected chi connectivity index (χ1v) is 12.4. The molecule has 1 aliphatic carbocycles. The van der Waals surface area contributed by atoms with Gasteiger partial charge in [-0.2, -0.15) is 0 Å². The number of amides is 1. The van der Waals surface area contributed by atoms with Gasteiger partial charge in [0.05, 0.1) is 0 Å². The van der Waals surface area contributed by atoms with E-state index in [0.717, 1.165) is 38.5 Å². The minimum Gasteiger partial charge on any atom is -0.368 e. The molecular weight excluding hydrogens is 382 g/mol. The fourth-order valence-electron chi connectivity index (χ4n) is 5.66. The van der Waals surface area contributed by atoms with Gasteiger partial charge in [-0.05, 0) is 82.5 Å². The van der Waals surface area contributed by atoms with Crippen LogP contribution in [0.2, 0.25) is 0 Å². The minimum absolute atomic E-state index is 0.299. The first kappa shape index (κ1) is 22.4. The second-order valence-electron chi connectivity index (χ2n) is 10.5. The molecule has 4 nitrogen and oxygen atoms in total. The first-order valence-electron chi connectivity index (χ1n) is 12.4. The molecule has 0 bridgehead atoms. The van der Waals surface area contributed by atoms with Gasteiger partial charge in [-0.25, -0.2) is 0 Å². The van der Waals surface area contributed by atoms with Gasteiger partial charge in [0.1, 0.15) is 0 Å². The highest BCUT2D eigenvalue weighted by atomic mass is 16.2. The number of hydrogen-bond acceptors (Lipinski definition) is 3. The SMILES string of the molecule is CC(C)=CCCC(C)CN1CCC2(CC1)CC2C(=O)N1CCN(c2ccccc2)CC1. The standard InChI is InChI=1S/C27H41N3O/c1-22(2)8-7-9-23(3)21-28-14-12-27(13-15-28)20-25(27)26(31)30-18-16-29(17-19-30)24-10-5-4-6-11-24/h4-6,8,10-11,23,25H,7,9,12-21H2,1-3H3. The maximum Gasteiger partial charge on any atom is 0.226 e. The topological polar surface area (TPSA) is 26.8 Å². The molecule has 2 aliphatic heterocycles. The molecule has 1 spiro atoms. The molecule has 3 aliphatic rings. The van der Waals surface area contributed by atoms with Gasteiger partial charge in [0.2, 0.25) is 5.91 Å². The van der Waals surface area contributed by atoms with Crippen molar-refractivity contribution in [2.24, 2.45) is 17.3 Å². The van der Waals surface area contributed by atoms with E-state index in [1.165, 1.54) is 56.6 Å². The molecule has 1 aromatic carbocycles. The Bertz CT molecular complexity index is 754. The van der Waals surface area contributed by atoms with E-state index in [-0.39, 0.29) is 0 Å². The van der Waals surface area contributed by atoms with Crippen LogP contribution in [0.1, 0.15) is 52.9 Å². The summed E-state index contributed by atoms with van der Waals surface area (Å²) < 4.78 is 0. The van der Waals surface area contributed by atoms with Gasteiger partial charge < -0.3 is 14.7 Å². The zero-order valence-electron chi connectivity index (χ0n) is 19.9. The Balaban J connectivity index is 1.19. The van der Waals surface area contributed by atoms with E-state index in [1.807, 2.05) is 0 Å². The fourth-order valence-corrected chi connectivity index (χ4v) is 5.66. The van der Waals surface area contributed by atoms with Crippen LogP contribution in [-0.2, 0) is 4.79 Å². The van der Waals surface area contributed by atoms with Gasteiger partial charge in [-0.15, -0.1) is 0 Å². The number of hydrogen-bond donors (Lipinski definition) is 0. The van der Waals surface area contributed by atoms with Gasteiger partial charge in [-0.3, -0.25) is 4.79 Å². The van der Waals surface area contributed by atoms with E-state index in [4.69, 9.17) is 0 Å². The second-order valence-corrected chi connectivity index (χ2v) is 10.5. The molecule has 2 saturated heterocycles. The third-order valence-corrected chi connectivity index (χ3v) is 7.83. The van der Waals surface area contributed by atoms with E-state index in [0.29, 0.717) is 17.2 Å². The van der Waals surface area contributed by atoms with Crippen molar-refractivity contribution in [3.05, 3.63) is 42.0 Å². The molecule has 2 atom stereocenters. The van der Waals surface area contributed by atoms with Crippen LogP contribution in [0.3, 0.4) is 0 Å². The average Bonchev–Trinajstić information content (AvgIpc) is 3.49. The quantitative estimate of drug-likeness (QED) is 0.588. The number of carbonyl (C=O) groups is 1. The Morgan fingerprint density at radius 2 is 1.74 bits per heavy atom. The highest BCUT2D eigenvalue weighted by molar-refractivity contribution is 5.83. The number of rotatable bonds is 7. The fraction of sp³-hybridized carbons (Fsp3) is 0.667. The lowest BCUT2D eigenvalue weighted by Gasteiger charge is -2.37. The lowest BCUT2D eigenvalue weighted by Crippen LogP contribution is -2.50. The molecule has 4 heteroatoms. The van der Waals surface area contributed by atoms with Crippen LogP contribution in [0.5, 0.6) is 0 Å². The van der Waals surface area contributed by atoms with Crippen molar-refractivity contribution in [3.8, 4) is 0 Å². The average molecular weight is 424 g/mol. The largest absolute Gasteiger partial charge is 0.368 e. The van der Waals surface area contributed by atoms with Crippen molar-refractivity contribution in [2.75, 3.05) is 50.7 Å². The molecule has 1 amide bonds. The number of para-hydroxylation sites is 1. The zero-order valence-corrected chi connectivity index (χ0v) is 19.9. The Hall–Kier alpha value is -1.81. The van der Waals surface area contributed by atoms with Crippen LogP contribution in [0.25, 0.3) is 0 Å². The van der Waals surface area contributed by atoms with Crippen LogP contribution in [-0.4, -0.2) is 61.5 Å². The molecule has 0 radical (unpaired) electrons. The molecule has 0 aromatic heterocycles. The smallest absolute Gasteiger partial charge is 0.226 e. The highest BCUT2D eigenvalue weighted by Crippen LogP contribution is 2.60. The summed E-state index contributed by atoms with van der Waals surface area (Å²) in [6.45, 7) is 14.0. The summed E-state index contributed by atoms with van der Waals surface area (Å²) in [6, 6.07) is 10.6. The van der Waals surface area contributed by atoms with Crippen LogP contribution in [0.4, 0.5) is 5.69 Å². The van der Waals surface area contributed by atoms with Crippen molar-refractivity contribution >= 4 is 11.6 Å². The molecule has 3 fully saturated rings. The van der Waals surface area contributed by atoms with Crippen molar-refractivity contribution in [1.29, 1.82) is 0 Å². The van der Waals surface area contributed by atoms with Crippen molar-refractivity contribution in [2.45, 2.75) is 52.9 Å². The van der Waals surface area contributed by atoms with Crippen LogP contribution in [0, 0.1) is 17.3 Å². The van der Waals surface area contributed by atoms with E-state index in [9.17, 15) is 4.79 Å². The first-order chi connectivity index (χ1) is 15.0. The molecule has 4 rings (SSSR count). The van der Waals surface area contributed by atoms with E-state index in [2.05, 4.69) is 71.9 Å². The number of piperazine rings is 1. The zero-order chi connectivity index (χ0) is 21.8. The molecule has 1 aromatic rings. The Kier molecular flexibility index (Phi) is 7.05. The predicted molar refractivity (Wildman–Crippen MR) is 129 cm³/mol. The third kappa shape index (κ3) is 5.52.